The van der Waals surface area contributed by atoms with Crippen molar-refractivity contribution in [1.29, 1.82) is 0 Å². The summed E-state index contributed by atoms with van der Waals surface area (Å²) in [5.74, 6) is 0.310. The number of hydrogen-bond acceptors (Lipinski definition) is 7. The van der Waals surface area contributed by atoms with E-state index in [-0.39, 0.29) is 37.0 Å². The third-order valence-corrected chi connectivity index (χ3v) is 7.53. The molecule has 0 bridgehead atoms. The zero-order chi connectivity index (χ0) is 26.6. The van der Waals surface area contributed by atoms with Crippen molar-refractivity contribution in [2.75, 3.05) is 12.4 Å². The first-order valence-electron chi connectivity index (χ1n) is 11.8. The van der Waals surface area contributed by atoms with Gasteiger partial charge in [-0.15, -0.1) is 11.3 Å². The fourth-order valence-corrected chi connectivity index (χ4v) is 5.42. The minimum Gasteiger partial charge on any atom is -0.495 e. The molecule has 0 fully saturated rings. The van der Waals surface area contributed by atoms with Crippen LogP contribution in [0.2, 0.25) is 5.02 Å². The number of carbonyl (C=O) groups is 3. The molecule has 8 nitrogen and oxygen atoms in total. The van der Waals surface area contributed by atoms with Gasteiger partial charge in [0.05, 0.1) is 30.8 Å². The van der Waals surface area contributed by atoms with E-state index in [1.165, 1.54) is 17.5 Å². The van der Waals surface area contributed by atoms with Gasteiger partial charge in [-0.05, 0) is 60.2 Å². The molecular weight excluding hydrogens is 524 g/mol. The van der Waals surface area contributed by atoms with Gasteiger partial charge in [0.2, 0.25) is 0 Å². The molecule has 1 aliphatic rings. The van der Waals surface area contributed by atoms with Crippen LogP contribution in [0.5, 0.6) is 5.75 Å². The van der Waals surface area contributed by atoms with Crippen molar-refractivity contribution >= 4 is 46.4 Å². The highest BCUT2D eigenvalue weighted by Crippen LogP contribution is 2.28. The maximum absolute atomic E-state index is 13.7. The topological polar surface area (TPSA) is 101 Å². The average molecular weight is 547 g/mol. The van der Waals surface area contributed by atoms with E-state index in [2.05, 4.69) is 15.3 Å². The maximum atomic E-state index is 13.7. The number of ketones is 1. The van der Waals surface area contributed by atoms with E-state index in [1.807, 2.05) is 12.1 Å². The quantitative estimate of drug-likeness (QED) is 0.356. The van der Waals surface area contributed by atoms with Gasteiger partial charge in [0.1, 0.15) is 11.6 Å². The predicted octanol–water partition coefficient (Wildman–Crippen LogP) is 4.83. The number of hydrogen-bond donors (Lipinski definition) is 1. The van der Waals surface area contributed by atoms with Crippen molar-refractivity contribution in [3.05, 3.63) is 105 Å². The first kappa shape index (κ1) is 25.6. The molecule has 0 saturated carbocycles. The molecule has 0 spiro atoms. The zero-order valence-electron chi connectivity index (χ0n) is 20.4. The molecular formula is C28H23ClN4O4S. The van der Waals surface area contributed by atoms with E-state index in [0.29, 0.717) is 38.3 Å². The number of nitrogens with zero attached hydrogens (tertiary/aromatic N) is 3. The second-order valence-electron chi connectivity index (χ2n) is 8.72. The minimum atomic E-state index is -0.716. The highest BCUT2D eigenvalue weighted by Gasteiger charge is 2.36. The molecule has 2 amide bonds. The summed E-state index contributed by atoms with van der Waals surface area (Å²) in [4.78, 5) is 51.4. The fraction of sp³-hybridized carbons (Fsp3) is 0.179. The number of Topliss-reactive ketones (excluding diaryl/α,β-unsaturated/α-hetero) is 1. The van der Waals surface area contributed by atoms with Crippen LogP contribution in [0.15, 0.2) is 73.1 Å². The SMILES string of the molecule is COc1ccc(NC(=O)c2ccc(CN3C(=O)c4ccc(Cl)cc4CC(=O)[C@H]3Cc3ccccn3)s2)nc1. The van der Waals surface area contributed by atoms with E-state index < -0.39 is 6.04 Å². The molecule has 0 unspecified atom stereocenters. The number of rotatable bonds is 7. The molecule has 1 aliphatic heterocycles. The number of pyridine rings is 2. The summed E-state index contributed by atoms with van der Waals surface area (Å²) in [6.45, 7) is 0.170. The number of methoxy groups -OCH3 is 1. The van der Waals surface area contributed by atoms with Crippen molar-refractivity contribution in [2.24, 2.45) is 0 Å². The van der Waals surface area contributed by atoms with Crippen molar-refractivity contribution in [1.82, 2.24) is 14.9 Å². The maximum Gasteiger partial charge on any atom is 0.266 e. The van der Waals surface area contributed by atoms with E-state index in [0.717, 1.165) is 4.88 Å². The lowest BCUT2D eigenvalue weighted by Crippen LogP contribution is -2.44. The molecule has 1 atom stereocenters. The summed E-state index contributed by atoms with van der Waals surface area (Å²) < 4.78 is 5.09. The van der Waals surface area contributed by atoms with Crippen LogP contribution in [-0.2, 0) is 24.2 Å². The van der Waals surface area contributed by atoms with Crippen LogP contribution < -0.4 is 10.1 Å². The lowest BCUT2D eigenvalue weighted by Gasteiger charge is -2.29. The predicted molar refractivity (Wildman–Crippen MR) is 145 cm³/mol. The Labute approximate surface area is 228 Å². The highest BCUT2D eigenvalue weighted by molar-refractivity contribution is 7.14. The Bertz CT molecular complexity index is 1490. The van der Waals surface area contributed by atoms with Crippen molar-refractivity contribution < 1.29 is 19.1 Å². The Morgan fingerprint density at radius 2 is 2.00 bits per heavy atom. The van der Waals surface area contributed by atoms with Crippen molar-refractivity contribution in [2.45, 2.75) is 25.4 Å². The Morgan fingerprint density at radius 1 is 1.13 bits per heavy atom. The van der Waals surface area contributed by atoms with Gasteiger partial charge in [-0.1, -0.05) is 17.7 Å². The van der Waals surface area contributed by atoms with E-state index in [9.17, 15) is 14.4 Å². The molecule has 38 heavy (non-hydrogen) atoms. The van der Waals surface area contributed by atoms with Gasteiger partial charge in [0.15, 0.2) is 5.78 Å². The molecule has 0 aliphatic carbocycles. The van der Waals surface area contributed by atoms with Crippen LogP contribution in [0, 0.1) is 0 Å². The number of halogens is 1. The average Bonchev–Trinajstić information content (AvgIpc) is 3.37. The molecule has 1 N–H and O–H groups in total. The summed E-state index contributed by atoms with van der Waals surface area (Å²) in [6, 6.07) is 16.6. The number of carbonyl (C=O) groups excluding carboxylic acids is 3. The normalized spacial score (nSPS) is 15.1. The Morgan fingerprint density at radius 3 is 2.74 bits per heavy atom. The number of thiophene rings is 1. The number of anilines is 1. The minimum absolute atomic E-state index is 0.0925. The van der Waals surface area contributed by atoms with E-state index in [1.54, 1.807) is 66.7 Å². The lowest BCUT2D eigenvalue weighted by molar-refractivity contribution is -0.122. The third-order valence-electron chi connectivity index (χ3n) is 6.23. The van der Waals surface area contributed by atoms with Crippen LogP contribution in [0.1, 0.15) is 36.2 Å². The van der Waals surface area contributed by atoms with E-state index in [4.69, 9.17) is 16.3 Å². The summed E-state index contributed by atoms with van der Waals surface area (Å²) in [7, 11) is 1.54. The smallest absolute Gasteiger partial charge is 0.266 e. The Balaban J connectivity index is 1.41. The van der Waals surface area contributed by atoms with Gasteiger partial charge in [-0.25, -0.2) is 4.98 Å². The van der Waals surface area contributed by atoms with Crippen LogP contribution in [0.4, 0.5) is 5.82 Å². The van der Waals surface area contributed by atoms with Crippen molar-refractivity contribution in [3.63, 3.8) is 0 Å². The summed E-state index contributed by atoms with van der Waals surface area (Å²) >= 11 is 7.43. The van der Waals surface area contributed by atoms with Gasteiger partial charge < -0.3 is 15.0 Å². The van der Waals surface area contributed by atoms with Gasteiger partial charge in [-0.2, -0.15) is 0 Å². The van der Waals surface area contributed by atoms with Crippen molar-refractivity contribution in [3.8, 4) is 5.75 Å². The molecule has 5 rings (SSSR count). The standard InChI is InChI=1S/C28H23ClN4O4S/c1-37-20-6-10-26(31-15-20)32-27(35)25-9-7-21(38-25)16-33-23(14-19-4-2-3-11-30-19)24(34)13-17-12-18(29)5-8-22(17)28(33)36/h2-12,15,23H,13-14,16H2,1H3,(H,31,32,35)/t23-/m1/s1. The second kappa shape index (κ2) is 11.1. The van der Waals surface area contributed by atoms with Crippen LogP contribution in [0.25, 0.3) is 0 Å². The number of ether oxygens (including phenoxy) is 1. The number of aromatic nitrogens is 2. The van der Waals surface area contributed by atoms with Gasteiger partial charge >= 0.3 is 0 Å². The zero-order valence-corrected chi connectivity index (χ0v) is 22.0. The number of amides is 2. The molecule has 3 aromatic heterocycles. The first-order valence-corrected chi connectivity index (χ1v) is 13.0. The molecule has 10 heteroatoms. The number of nitrogens with one attached hydrogen (secondary N) is 1. The molecule has 0 saturated heterocycles. The first-order chi connectivity index (χ1) is 18.4. The molecule has 192 valence electrons. The van der Waals surface area contributed by atoms with Crippen LogP contribution in [0.3, 0.4) is 0 Å². The van der Waals surface area contributed by atoms with E-state index >= 15 is 0 Å². The highest BCUT2D eigenvalue weighted by atomic mass is 35.5. The lowest BCUT2D eigenvalue weighted by atomic mass is 9.99. The molecule has 4 aromatic rings. The third kappa shape index (κ3) is 5.58. The summed E-state index contributed by atoms with van der Waals surface area (Å²) in [6.07, 6.45) is 3.57. The molecule has 0 radical (unpaired) electrons. The molecule has 4 heterocycles. The Hall–Kier alpha value is -4.08. The monoisotopic (exact) mass is 546 g/mol. The largest absolute Gasteiger partial charge is 0.495 e. The second-order valence-corrected chi connectivity index (χ2v) is 10.3. The van der Waals surface area contributed by atoms with Gasteiger partial charge in [0, 0.05) is 40.2 Å². The van der Waals surface area contributed by atoms with Gasteiger partial charge in [-0.3, -0.25) is 19.4 Å². The number of benzene rings is 1. The van der Waals surface area contributed by atoms with Gasteiger partial charge in [0.25, 0.3) is 11.8 Å². The molecule has 1 aromatic carbocycles. The van der Waals surface area contributed by atoms with Crippen LogP contribution in [-0.4, -0.2) is 45.6 Å². The van der Waals surface area contributed by atoms with Crippen LogP contribution >= 0.6 is 22.9 Å². The Kier molecular flexibility index (Phi) is 7.48. The summed E-state index contributed by atoms with van der Waals surface area (Å²) in [5.41, 5.74) is 1.77. The summed E-state index contributed by atoms with van der Waals surface area (Å²) in [5, 5.41) is 3.23. The fourth-order valence-electron chi connectivity index (χ4n) is 4.32. The number of fused-ring (bicyclic) bond motifs is 1.